The Bertz CT molecular complexity index is 1150. The van der Waals surface area contributed by atoms with E-state index < -0.39 is 0 Å². The van der Waals surface area contributed by atoms with Gasteiger partial charge in [0.25, 0.3) is 0 Å². The number of rotatable bonds is 8. The number of aliphatic hydroxyl groups excluding tert-OH is 1. The average molecular weight is 502 g/mol. The predicted molar refractivity (Wildman–Crippen MR) is 138 cm³/mol. The maximum absolute atomic E-state index is 9.20. The molecule has 1 aliphatic heterocycles. The first-order valence-electron chi connectivity index (χ1n) is 12.1. The number of aromatic nitrogens is 2. The molecule has 0 amide bonds. The van der Waals surface area contributed by atoms with Crippen molar-refractivity contribution in [2.75, 3.05) is 51.8 Å². The second-order valence-corrected chi connectivity index (χ2v) is 10.5. The molecule has 1 saturated heterocycles. The summed E-state index contributed by atoms with van der Waals surface area (Å²) in [5, 5.41) is 14.6. The largest absolute Gasteiger partial charge is 0.495 e. The smallest absolute Gasteiger partial charge is 0.146 e. The molecule has 3 heterocycles. The number of β-amino-alcohol motifs (C(OH)–C–C–N with tert-alkyl or cyclic N) is 1. The number of halogens is 1. The molecule has 0 bridgehead atoms. The van der Waals surface area contributed by atoms with Gasteiger partial charge in [-0.15, -0.1) is 11.3 Å². The van der Waals surface area contributed by atoms with Crippen LogP contribution in [0.15, 0.2) is 18.2 Å². The van der Waals surface area contributed by atoms with Gasteiger partial charge in [0.05, 0.1) is 30.7 Å². The minimum atomic E-state index is 0.220. The van der Waals surface area contributed by atoms with E-state index in [1.807, 2.05) is 29.5 Å². The fourth-order valence-electron chi connectivity index (χ4n) is 4.92. The van der Waals surface area contributed by atoms with Crippen LogP contribution in [0, 0.1) is 0 Å². The number of ether oxygens (including phenoxy) is 1. The molecule has 3 aromatic rings. The number of nitrogens with one attached hydrogen (secondary N) is 1. The highest BCUT2D eigenvalue weighted by atomic mass is 35.5. The fraction of sp³-hybridized carbons (Fsp3) is 0.520. The Morgan fingerprint density at radius 3 is 2.68 bits per heavy atom. The van der Waals surface area contributed by atoms with E-state index in [1.165, 1.54) is 28.7 Å². The summed E-state index contributed by atoms with van der Waals surface area (Å²) < 4.78 is 5.29. The molecule has 1 aliphatic carbocycles. The summed E-state index contributed by atoms with van der Waals surface area (Å²) in [5.74, 6) is 2.49. The summed E-state index contributed by atoms with van der Waals surface area (Å²) in [6.07, 6.45) is 4.73. The van der Waals surface area contributed by atoms with Crippen molar-refractivity contribution in [3.05, 3.63) is 45.1 Å². The predicted octanol–water partition coefficient (Wildman–Crippen LogP) is 3.95. The Kier molecular flexibility index (Phi) is 7.51. The maximum Gasteiger partial charge on any atom is 0.146 e. The number of aliphatic hydroxyl groups is 1. The third-order valence-corrected chi connectivity index (χ3v) is 8.26. The first-order valence-corrected chi connectivity index (χ1v) is 13.3. The van der Waals surface area contributed by atoms with E-state index >= 15 is 0 Å². The zero-order valence-electron chi connectivity index (χ0n) is 19.6. The van der Waals surface area contributed by atoms with Crippen molar-refractivity contribution in [2.24, 2.45) is 0 Å². The topological polar surface area (TPSA) is 73.8 Å². The van der Waals surface area contributed by atoms with E-state index in [9.17, 15) is 5.11 Å². The highest BCUT2D eigenvalue weighted by Crippen LogP contribution is 2.39. The van der Waals surface area contributed by atoms with Crippen LogP contribution in [0.25, 0.3) is 10.2 Å². The lowest BCUT2D eigenvalue weighted by Gasteiger charge is -2.33. The SMILES string of the molecule is COc1ccc(CNc2nc(CN3CCN(CCO)CC3)nc3sc4c(c23)CCCC4)cc1Cl. The van der Waals surface area contributed by atoms with E-state index in [4.69, 9.17) is 26.3 Å². The highest BCUT2D eigenvalue weighted by molar-refractivity contribution is 7.19. The van der Waals surface area contributed by atoms with Gasteiger partial charge in [-0.1, -0.05) is 17.7 Å². The summed E-state index contributed by atoms with van der Waals surface area (Å²) >= 11 is 8.19. The van der Waals surface area contributed by atoms with Crippen molar-refractivity contribution in [3.8, 4) is 5.75 Å². The van der Waals surface area contributed by atoms with Crippen molar-refractivity contribution >= 4 is 39.0 Å². The summed E-state index contributed by atoms with van der Waals surface area (Å²) in [6, 6.07) is 5.89. The van der Waals surface area contributed by atoms with Gasteiger partial charge in [-0.05, 0) is 48.9 Å². The summed E-state index contributed by atoms with van der Waals surface area (Å²) in [6.45, 7) is 6.23. The molecule has 1 fully saturated rings. The van der Waals surface area contributed by atoms with Crippen LogP contribution in [0.4, 0.5) is 5.82 Å². The number of hydrogen-bond donors (Lipinski definition) is 2. The lowest BCUT2D eigenvalue weighted by atomic mass is 9.97. The number of fused-ring (bicyclic) bond motifs is 3. The second kappa shape index (κ2) is 10.7. The number of anilines is 1. The standard InChI is InChI=1S/C25H32ClN5O2S/c1-33-20-7-6-17(14-19(20)26)15-27-24-23-18-4-2-3-5-21(18)34-25(23)29-22(28-24)16-31-10-8-30(9-11-31)12-13-32/h6-7,14,32H,2-5,8-13,15-16H2,1H3,(H,27,28,29). The normalized spacial score (nSPS) is 17.1. The summed E-state index contributed by atoms with van der Waals surface area (Å²) in [4.78, 5) is 17.3. The monoisotopic (exact) mass is 501 g/mol. The molecule has 2 N–H and O–H groups in total. The minimum Gasteiger partial charge on any atom is -0.495 e. The molecule has 0 spiro atoms. The lowest BCUT2D eigenvalue weighted by molar-refractivity contribution is 0.107. The van der Waals surface area contributed by atoms with Gasteiger partial charge in [-0.25, -0.2) is 9.97 Å². The Morgan fingerprint density at radius 1 is 1.12 bits per heavy atom. The molecular weight excluding hydrogens is 470 g/mol. The zero-order valence-corrected chi connectivity index (χ0v) is 21.2. The molecule has 0 radical (unpaired) electrons. The van der Waals surface area contributed by atoms with E-state index in [-0.39, 0.29) is 6.61 Å². The van der Waals surface area contributed by atoms with Gasteiger partial charge in [0, 0.05) is 44.1 Å². The Hall–Kier alpha value is -1.97. The quantitative estimate of drug-likeness (QED) is 0.484. The van der Waals surface area contributed by atoms with Crippen LogP contribution in [0.2, 0.25) is 5.02 Å². The fourth-order valence-corrected chi connectivity index (χ4v) is 6.48. The molecule has 2 aromatic heterocycles. The number of aryl methyl sites for hydroxylation is 2. The number of nitrogens with zero attached hydrogens (tertiary/aromatic N) is 4. The summed E-state index contributed by atoms with van der Waals surface area (Å²) in [7, 11) is 1.63. The van der Waals surface area contributed by atoms with Gasteiger partial charge in [-0.3, -0.25) is 9.80 Å². The molecule has 0 saturated carbocycles. The van der Waals surface area contributed by atoms with Crippen LogP contribution in [-0.2, 0) is 25.9 Å². The Labute approximate surface area is 209 Å². The van der Waals surface area contributed by atoms with Crippen LogP contribution >= 0.6 is 22.9 Å². The maximum atomic E-state index is 9.20. The lowest BCUT2D eigenvalue weighted by Crippen LogP contribution is -2.46. The van der Waals surface area contributed by atoms with Crippen molar-refractivity contribution in [2.45, 2.75) is 38.8 Å². The third-order valence-electron chi connectivity index (χ3n) is 6.78. The number of thiophene rings is 1. The van der Waals surface area contributed by atoms with Crippen LogP contribution in [0.1, 0.15) is 34.7 Å². The average Bonchev–Trinajstić information content (AvgIpc) is 3.22. The minimum absolute atomic E-state index is 0.220. The van der Waals surface area contributed by atoms with Gasteiger partial charge < -0.3 is 15.2 Å². The van der Waals surface area contributed by atoms with Crippen LogP contribution in [0.5, 0.6) is 5.75 Å². The molecule has 7 nitrogen and oxygen atoms in total. The van der Waals surface area contributed by atoms with E-state index in [1.54, 1.807) is 7.11 Å². The van der Waals surface area contributed by atoms with Crippen LogP contribution < -0.4 is 10.1 Å². The van der Waals surface area contributed by atoms with E-state index in [0.29, 0.717) is 17.3 Å². The van der Waals surface area contributed by atoms with E-state index in [2.05, 4.69) is 15.1 Å². The highest BCUT2D eigenvalue weighted by Gasteiger charge is 2.23. The van der Waals surface area contributed by atoms with Crippen molar-refractivity contribution < 1.29 is 9.84 Å². The van der Waals surface area contributed by atoms with Crippen LogP contribution in [0.3, 0.4) is 0 Å². The van der Waals surface area contributed by atoms with Gasteiger partial charge in [0.1, 0.15) is 22.2 Å². The van der Waals surface area contributed by atoms with Gasteiger partial charge in [0.15, 0.2) is 0 Å². The van der Waals surface area contributed by atoms with E-state index in [0.717, 1.165) is 74.1 Å². The van der Waals surface area contributed by atoms with Crippen LogP contribution in [-0.4, -0.2) is 71.3 Å². The van der Waals surface area contributed by atoms with Crippen molar-refractivity contribution in [1.29, 1.82) is 0 Å². The molecule has 5 rings (SSSR count). The molecule has 9 heteroatoms. The Balaban J connectivity index is 1.39. The number of methoxy groups -OCH3 is 1. The second-order valence-electron chi connectivity index (χ2n) is 9.04. The zero-order chi connectivity index (χ0) is 23.5. The van der Waals surface area contributed by atoms with Gasteiger partial charge >= 0.3 is 0 Å². The first-order chi connectivity index (χ1) is 16.6. The molecule has 182 valence electrons. The van der Waals surface area contributed by atoms with Crippen molar-refractivity contribution in [3.63, 3.8) is 0 Å². The molecule has 0 atom stereocenters. The number of benzene rings is 1. The Morgan fingerprint density at radius 2 is 1.91 bits per heavy atom. The molecule has 1 aromatic carbocycles. The molecular formula is C25H32ClN5O2S. The first kappa shape index (κ1) is 23.8. The molecule has 2 aliphatic rings. The molecule has 0 unspecified atom stereocenters. The van der Waals surface area contributed by atoms with Gasteiger partial charge in [-0.2, -0.15) is 0 Å². The number of hydrogen-bond acceptors (Lipinski definition) is 8. The number of piperazine rings is 1. The van der Waals surface area contributed by atoms with Crippen molar-refractivity contribution in [1.82, 2.24) is 19.8 Å². The van der Waals surface area contributed by atoms with Gasteiger partial charge in [0.2, 0.25) is 0 Å². The molecule has 34 heavy (non-hydrogen) atoms. The third kappa shape index (κ3) is 5.16. The summed E-state index contributed by atoms with van der Waals surface area (Å²) in [5.41, 5.74) is 2.52.